The van der Waals surface area contributed by atoms with Crippen molar-refractivity contribution in [3.63, 3.8) is 0 Å². The highest BCUT2D eigenvalue weighted by atomic mass is 15.3. The first-order chi connectivity index (χ1) is 6.84. The quantitative estimate of drug-likeness (QED) is 0.705. The van der Waals surface area contributed by atoms with Gasteiger partial charge in [-0.1, -0.05) is 0 Å². The van der Waals surface area contributed by atoms with Crippen molar-refractivity contribution in [2.75, 3.05) is 0 Å². The lowest BCUT2D eigenvalue weighted by Crippen LogP contribution is -2.14. The summed E-state index contributed by atoms with van der Waals surface area (Å²) in [6.45, 7) is 1.35. The van der Waals surface area contributed by atoms with Crippen molar-refractivity contribution in [2.45, 2.75) is 13.1 Å². The molecule has 0 amide bonds. The second kappa shape index (κ2) is 4.01. The molecule has 6 heteroatoms. The number of nitrogens with one attached hydrogen (secondary N) is 2. The molecule has 0 unspecified atom stereocenters. The second-order valence-electron chi connectivity index (χ2n) is 2.97. The second-order valence-corrected chi connectivity index (χ2v) is 2.97. The van der Waals surface area contributed by atoms with Gasteiger partial charge in [-0.15, -0.1) is 0 Å². The van der Waals surface area contributed by atoms with E-state index in [1.807, 2.05) is 7.05 Å². The van der Waals surface area contributed by atoms with Gasteiger partial charge in [-0.3, -0.25) is 4.68 Å². The monoisotopic (exact) mass is 192 g/mol. The van der Waals surface area contributed by atoms with Crippen molar-refractivity contribution in [3.8, 4) is 0 Å². The summed E-state index contributed by atoms with van der Waals surface area (Å²) in [5.74, 6) is 1.71. The van der Waals surface area contributed by atoms with Gasteiger partial charge >= 0.3 is 0 Å². The molecule has 0 spiro atoms. The number of aromatic amines is 1. The molecular weight excluding hydrogens is 180 g/mol. The van der Waals surface area contributed by atoms with E-state index in [1.54, 1.807) is 23.4 Å². The van der Waals surface area contributed by atoms with Gasteiger partial charge in [0.1, 0.15) is 12.2 Å². The summed E-state index contributed by atoms with van der Waals surface area (Å²) in [5.41, 5.74) is 0. The highest BCUT2D eigenvalue weighted by Crippen LogP contribution is 1.90. The van der Waals surface area contributed by atoms with Gasteiger partial charge in [0.2, 0.25) is 0 Å². The smallest absolute Gasteiger partial charge is 0.164 e. The molecule has 2 heterocycles. The topological polar surface area (TPSA) is 71.4 Å². The van der Waals surface area contributed by atoms with Crippen molar-refractivity contribution in [3.05, 3.63) is 30.4 Å². The summed E-state index contributed by atoms with van der Waals surface area (Å²) in [5, 5.41) is 7.33. The zero-order chi connectivity index (χ0) is 9.80. The van der Waals surface area contributed by atoms with Gasteiger partial charge in [0.05, 0.1) is 13.1 Å². The minimum Gasteiger partial charge on any atom is -0.348 e. The fourth-order valence-corrected chi connectivity index (χ4v) is 1.15. The highest BCUT2D eigenvalue weighted by Gasteiger charge is 1.98. The molecule has 0 atom stereocenters. The first kappa shape index (κ1) is 8.89. The number of nitrogens with zero attached hydrogens (tertiary/aromatic N) is 4. The number of rotatable bonds is 4. The van der Waals surface area contributed by atoms with E-state index in [-0.39, 0.29) is 0 Å². The van der Waals surface area contributed by atoms with Crippen LogP contribution in [0.2, 0.25) is 0 Å². The normalized spacial score (nSPS) is 10.6. The van der Waals surface area contributed by atoms with Crippen molar-refractivity contribution in [2.24, 2.45) is 7.05 Å². The third-order valence-corrected chi connectivity index (χ3v) is 1.78. The van der Waals surface area contributed by atoms with Crippen molar-refractivity contribution < 1.29 is 0 Å². The number of imidazole rings is 1. The molecule has 2 N–H and O–H groups in total. The molecule has 0 aliphatic rings. The SMILES string of the molecule is Cn1cnc(CNCc2ncc[nH]2)n1. The van der Waals surface area contributed by atoms with Crippen LogP contribution in [0.5, 0.6) is 0 Å². The van der Waals surface area contributed by atoms with Crippen LogP contribution in [0.15, 0.2) is 18.7 Å². The summed E-state index contributed by atoms with van der Waals surface area (Å²) in [4.78, 5) is 11.2. The molecular formula is C8H12N6. The summed E-state index contributed by atoms with van der Waals surface area (Å²) in [6, 6.07) is 0. The predicted octanol–water partition coefficient (Wildman–Crippen LogP) is -0.172. The Balaban J connectivity index is 1.78. The standard InChI is InChI=1S/C8H12N6/c1-14-6-12-8(13-14)5-9-4-7-10-2-3-11-7/h2-3,6,9H,4-5H2,1H3,(H,10,11). The molecule has 0 aliphatic carbocycles. The molecule has 0 fully saturated rings. The molecule has 0 aromatic carbocycles. The fourth-order valence-electron chi connectivity index (χ4n) is 1.15. The maximum Gasteiger partial charge on any atom is 0.164 e. The zero-order valence-electron chi connectivity index (χ0n) is 7.94. The molecule has 0 saturated carbocycles. The number of hydrogen-bond acceptors (Lipinski definition) is 4. The van der Waals surface area contributed by atoms with Gasteiger partial charge in [-0.05, 0) is 0 Å². The summed E-state index contributed by atoms with van der Waals surface area (Å²) in [7, 11) is 1.85. The third-order valence-electron chi connectivity index (χ3n) is 1.78. The molecule has 2 aromatic heterocycles. The van der Waals surface area contributed by atoms with Crippen LogP contribution in [0, 0.1) is 0 Å². The van der Waals surface area contributed by atoms with Gasteiger partial charge in [0.15, 0.2) is 5.82 Å². The largest absolute Gasteiger partial charge is 0.348 e. The Morgan fingerprint density at radius 1 is 1.43 bits per heavy atom. The third kappa shape index (κ3) is 2.17. The molecule has 74 valence electrons. The maximum atomic E-state index is 4.14. The Kier molecular flexibility index (Phi) is 2.55. The maximum absolute atomic E-state index is 4.14. The van der Waals surface area contributed by atoms with Crippen LogP contribution in [0.4, 0.5) is 0 Å². The lowest BCUT2D eigenvalue weighted by Gasteiger charge is -1.97. The first-order valence-electron chi connectivity index (χ1n) is 4.38. The Morgan fingerprint density at radius 2 is 2.36 bits per heavy atom. The highest BCUT2D eigenvalue weighted by molar-refractivity contribution is 4.87. The molecule has 6 nitrogen and oxygen atoms in total. The first-order valence-corrected chi connectivity index (χ1v) is 4.38. The minimum absolute atomic E-state index is 0.654. The van der Waals surface area contributed by atoms with Crippen LogP contribution in [-0.2, 0) is 20.1 Å². The average molecular weight is 192 g/mol. The lowest BCUT2D eigenvalue weighted by molar-refractivity contribution is 0.633. The average Bonchev–Trinajstić information content (AvgIpc) is 2.77. The van der Waals surface area contributed by atoms with E-state index < -0.39 is 0 Å². The number of H-pyrrole nitrogens is 1. The Bertz CT molecular complexity index is 376. The van der Waals surface area contributed by atoms with Gasteiger partial charge in [0.25, 0.3) is 0 Å². The van der Waals surface area contributed by atoms with E-state index in [2.05, 4.69) is 25.4 Å². The summed E-state index contributed by atoms with van der Waals surface area (Å²) < 4.78 is 1.68. The van der Waals surface area contributed by atoms with Crippen LogP contribution in [-0.4, -0.2) is 24.7 Å². The van der Waals surface area contributed by atoms with E-state index in [4.69, 9.17) is 0 Å². The summed E-state index contributed by atoms with van der Waals surface area (Å²) in [6.07, 6.45) is 5.22. The Labute approximate surface area is 81.4 Å². The Hall–Kier alpha value is -1.69. The molecule has 2 rings (SSSR count). The van der Waals surface area contributed by atoms with E-state index in [0.717, 1.165) is 11.6 Å². The van der Waals surface area contributed by atoms with Crippen LogP contribution in [0.3, 0.4) is 0 Å². The number of hydrogen-bond donors (Lipinski definition) is 2. The van der Waals surface area contributed by atoms with Gasteiger partial charge in [-0.2, -0.15) is 5.10 Å². The number of aryl methyl sites for hydroxylation is 1. The van der Waals surface area contributed by atoms with E-state index in [0.29, 0.717) is 13.1 Å². The van der Waals surface area contributed by atoms with E-state index in [9.17, 15) is 0 Å². The van der Waals surface area contributed by atoms with Crippen LogP contribution in [0.25, 0.3) is 0 Å². The molecule has 0 bridgehead atoms. The van der Waals surface area contributed by atoms with Gasteiger partial charge in [0, 0.05) is 19.4 Å². The lowest BCUT2D eigenvalue weighted by atomic mass is 10.5. The Morgan fingerprint density at radius 3 is 3.00 bits per heavy atom. The molecule has 0 saturated heterocycles. The van der Waals surface area contributed by atoms with Crippen molar-refractivity contribution >= 4 is 0 Å². The number of aromatic nitrogens is 5. The van der Waals surface area contributed by atoms with Crippen LogP contribution < -0.4 is 5.32 Å². The molecule has 0 radical (unpaired) electrons. The minimum atomic E-state index is 0.654. The van der Waals surface area contributed by atoms with E-state index >= 15 is 0 Å². The van der Waals surface area contributed by atoms with E-state index in [1.165, 1.54) is 0 Å². The van der Waals surface area contributed by atoms with Crippen molar-refractivity contribution in [1.82, 2.24) is 30.0 Å². The predicted molar refractivity (Wildman–Crippen MR) is 50.1 cm³/mol. The van der Waals surface area contributed by atoms with Gasteiger partial charge in [-0.25, -0.2) is 9.97 Å². The fraction of sp³-hybridized carbons (Fsp3) is 0.375. The van der Waals surface area contributed by atoms with Gasteiger partial charge < -0.3 is 10.3 Å². The van der Waals surface area contributed by atoms with Crippen molar-refractivity contribution in [1.29, 1.82) is 0 Å². The molecule has 14 heavy (non-hydrogen) atoms. The van der Waals surface area contributed by atoms with Crippen LogP contribution >= 0.6 is 0 Å². The summed E-state index contributed by atoms with van der Waals surface area (Å²) >= 11 is 0. The zero-order valence-corrected chi connectivity index (χ0v) is 7.94. The molecule has 2 aromatic rings. The van der Waals surface area contributed by atoms with Crippen LogP contribution in [0.1, 0.15) is 11.6 Å². The molecule has 0 aliphatic heterocycles.